The molecule has 0 spiro atoms. The Kier molecular flexibility index (Phi) is 8.66. The number of amides is 1. The number of benzene rings is 2. The summed E-state index contributed by atoms with van der Waals surface area (Å²) in [5.41, 5.74) is -1.28. The van der Waals surface area contributed by atoms with Crippen LogP contribution >= 0.6 is 0 Å². The molecule has 2 N–H and O–H groups in total. The number of likely N-dealkylation sites (N-methyl/N-ethyl adjacent to an activating group) is 1. The van der Waals surface area contributed by atoms with Crippen LogP contribution in [0, 0.1) is 5.82 Å². The summed E-state index contributed by atoms with van der Waals surface area (Å²) in [6.45, 7) is 1.07. The molecule has 1 fully saturated rings. The van der Waals surface area contributed by atoms with Crippen molar-refractivity contribution in [2.24, 2.45) is 0 Å². The zero-order valence-corrected chi connectivity index (χ0v) is 23.2. The molecule has 0 bridgehead atoms. The lowest BCUT2D eigenvalue weighted by atomic mass is 10.1. The largest absolute Gasteiger partial charge is 0.492 e. The molecular weight excluding hydrogens is 570 g/mol. The van der Waals surface area contributed by atoms with Gasteiger partial charge in [-0.05, 0) is 68.9 Å². The fraction of sp³-hybridized carbons (Fsp3) is 0.276. The van der Waals surface area contributed by atoms with Crippen LogP contribution in [0.5, 0.6) is 17.4 Å². The van der Waals surface area contributed by atoms with Crippen molar-refractivity contribution in [3.63, 3.8) is 0 Å². The minimum Gasteiger partial charge on any atom is -0.492 e. The van der Waals surface area contributed by atoms with Crippen molar-refractivity contribution in [2.75, 3.05) is 37.9 Å². The first-order chi connectivity index (χ1) is 20.6. The minimum absolute atomic E-state index is 0.0446. The van der Waals surface area contributed by atoms with Crippen LogP contribution < -0.4 is 20.1 Å². The summed E-state index contributed by atoms with van der Waals surface area (Å²) in [6.07, 6.45) is -0.0890. The Balaban J connectivity index is 1.37. The number of halogens is 4. The third kappa shape index (κ3) is 7.15. The van der Waals surface area contributed by atoms with Gasteiger partial charge in [0.2, 0.25) is 11.8 Å². The molecule has 0 radical (unpaired) electrons. The Morgan fingerprint density at radius 1 is 1.09 bits per heavy atom. The van der Waals surface area contributed by atoms with Crippen LogP contribution in [-0.2, 0) is 6.18 Å². The quantitative estimate of drug-likeness (QED) is 0.236. The molecule has 1 atom stereocenters. The van der Waals surface area contributed by atoms with E-state index in [0.29, 0.717) is 11.5 Å². The first-order valence-electron chi connectivity index (χ1n) is 13.3. The highest BCUT2D eigenvalue weighted by Crippen LogP contribution is 2.35. The Labute approximate surface area is 244 Å². The number of hydrogen-bond acceptors (Lipinski definition) is 9. The van der Waals surface area contributed by atoms with Crippen molar-refractivity contribution in [2.45, 2.75) is 25.1 Å². The summed E-state index contributed by atoms with van der Waals surface area (Å²) in [5.74, 6) is -1.27. The Bertz CT molecular complexity index is 1620. The number of alkyl halides is 3. The fourth-order valence-corrected chi connectivity index (χ4v) is 4.54. The normalized spacial score (nSPS) is 15.3. The number of likely N-dealkylation sites (tertiary alicyclic amines) is 1. The third-order valence-corrected chi connectivity index (χ3v) is 6.81. The number of anilines is 2. The molecule has 14 heteroatoms. The summed E-state index contributed by atoms with van der Waals surface area (Å²) in [5, 5.41) is 5.16. The molecule has 224 valence electrons. The lowest BCUT2D eigenvalue weighted by Gasteiger charge is -2.20. The second kappa shape index (κ2) is 12.6. The molecule has 2 aromatic carbocycles. The van der Waals surface area contributed by atoms with Gasteiger partial charge in [-0.2, -0.15) is 18.2 Å². The molecule has 1 amide bonds. The molecule has 0 unspecified atom stereocenters. The van der Waals surface area contributed by atoms with Crippen molar-refractivity contribution in [1.29, 1.82) is 0 Å². The fourth-order valence-electron chi connectivity index (χ4n) is 4.54. The molecule has 1 aliphatic heterocycles. The van der Waals surface area contributed by atoms with Crippen LogP contribution in [-0.4, -0.2) is 64.0 Å². The number of aromatic nitrogens is 4. The molecule has 2 aromatic heterocycles. The summed E-state index contributed by atoms with van der Waals surface area (Å²) in [4.78, 5) is 31.8. The van der Waals surface area contributed by atoms with Crippen molar-refractivity contribution >= 4 is 17.5 Å². The van der Waals surface area contributed by atoms with Gasteiger partial charge in [0, 0.05) is 31.0 Å². The lowest BCUT2D eigenvalue weighted by Crippen LogP contribution is -2.30. The lowest BCUT2D eigenvalue weighted by molar-refractivity contribution is -0.137. The van der Waals surface area contributed by atoms with Crippen molar-refractivity contribution < 1.29 is 31.8 Å². The van der Waals surface area contributed by atoms with Crippen LogP contribution in [0.25, 0.3) is 11.4 Å². The zero-order chi connectivity index (χ0) is 30.6. The standard InChI is InChI=1S/C29H27F4N7O3/c1-34-28-37-16-36-25(39-28)22-6-3-9-35-27(22)43-20-7-8-24(30)23(14-20)26(41)38-18-11-17(29(31,32)33)12-21(13-18)42-15-19-5-4-10-40(19)2/h3,6-9,11-14,16,19H,4-5,10,15H2,1-2H3,(H,38,41)(H,34,36,37,39)/t19-/m0/s1. The molecular formula is C29H27F4N7O3. The molecule has 1 aliphatic rings. The number of ether oxygens (including phenoxy) is 2. The van der Waals surface area contributed by atoms with E-state index < -0.39 is 29.0 Å². The van der Waals surface area contributed by atoms with Crippen LogP contribution in [0.2, 0.25) is 0 Å². The molecule has 3 heterocycles. The van der Waals surface area contributed by atoms with E-state index in [4.69, 9.17) is 9.47 Å². The third-order valence-electron chi connectivity index (χ3n) is 6.81. The highest BCUT2D eigenvalue weighted by molar-refractivity contribution is 6.04. The Morgan fingerprint density at radius 2 is 1.93 bits per heavy atom. The predicted octanol–water partition coefficient (Wildman–Crippen LogP) is 5.65. The van der Waals surface area contributed by atoms with E-state index >= 15 is 0 Å². The average molecular weight is 598 g/mol. The molecule has 43 heavy (non-hydrogen) atoms. The summed E-state index contributed by atoms with van der Waals surface area (Å²) in [7, 11) is 3.57. The Morgan fingerprint density at radius 3 is 2.67 bits per heavy atom. The van der Waals surface area contributed by atoms with E-state index in [0.717, 1.165) is 43.7 Å². The molecule has 0 aliphatic carbocycles. The maximum absolute atomic E-state index is 14.8. The highest BCUT2D eigenvalue weighted by Gasteiger charge is 2.32. The van der Waals surface area contributed by atoms with Crippen LogP contribution in [0.15, 0.2) is 61.1 Å². The topological polar surface area (TPSA) is 114 Å². The van der Waals surface area contributed by atoms with Crippen molar-refractivity contribution in [3.05, 3.63) is 78.0 Å². The minimum atomic E-state index is -4.70. The van der Waals surface area contributed by atoms with Gasteiger partial charge in [-0.1, -0.05) is 0 Å². The van der Waals surface area contributed by atoms with Gasteiger partial charge in [0.15, 0.2) is 5.82 Å². The molecule has 4 aromatic rings. The van der Waals surface area contributed by atoms with Gasteiger partial charge in [0.1, 0.15) is 30.3 Å². The van der Waals surface area contributed by atoms with Gasteiger partial charge >= 0.3 is 6.18 Å². The van der Waals surface area contributed by atoms with E-state index in [1.807, 2.05) is 7.05 Å². The molecule has 5 rings (SSSR count). The second-order valence-electron chi connectivity index (χ2n) is 9.77. The maximum atomic E-state index is 14.8. The van der Waals surface area contributed by atoms with Gasteiger partial charge in [-0.3, -0.25) is 4.79 Å². The summed E-state index contributed by atoms with van der Waals surface area (Å²) in [6, 6.07) is 9.70. The SMILES string of the molecule is CNc1ncnc(-c2cccnc2Oc2ccc(F)c(C(=O)Nc3cc(OC[C@@H]4CCCN4C)cc(C(F)(F)F)c3)c2)n1. The molecule has 1 saturated heterocycles. The number of carbonyl (C=O) groups is 1. The zero-order valence-electron chi connectivity index (χ0n) is 23.2. The number of rotatable bonds is 9. The second-order valence-corrected chi connectivity index (χ2v) is 9.77. The van der Waals surface area contributed by atoms with Gasteiger partial charge in [0.25, 0.3) is 5.91 Å². The first kappa shape index (κ1) is 29.6. The monoisotopic (exact) mass is 597 g/mol. The maximum Gasteiger partial charge on any atom is 0.416 e. The first-order valence-corrected chi connectivity index (χ1v) is 13.3. The van der Waals surface area contributed by atoms with Crippen LogP contribution in [0.3, 0.4) is 0 Å². The molecule has 10 nitrogen and oxygen atoms in total. The number of nitrogens with zero attached hydrogens (tertiary/aromatic N) is 5. The Hall–Kier alpha value is -4.85. The van der Waals surface area contributed by atoms with Gasteiger partial charge < -0.3 is 25.0 Å². The average Bonchev–Trinajstić information content (AvgIpc) is 3.41. The van der Waals surface area contributed by atoms with Crippen molar-refractivity contribution in [1.82, 2.24) is 24.8 Å². The number of nitrogens with one attached hydrogen (secondary N) is 2. The van der Waals surface area contributed by atoms with Crippen LogP contribution in [0.4, 0.5) is 29.2 Å². The summed E-state index contributed by atoms with van der Waals surface area (Å²) < 4.78 is 67.3. The van der Waals surface area contributed by atoms with Crippen LogP contribution in [0.1, 0.15) is 28.8 Å². The number of carbonyl (C=O) groups excluding carboxylic acids is 1. The van der Waals surface area contributed by atoms with Gasteiger partial charge in [-0.25, -0.2) is 19.3 Å². The molecule has 0 saturated carbocycles. The van der Waals surface area contributed by atoms with E-state index in [-0.39, 0.29) is 41.5 Å². The van der Waals surface area contributed by atoms with Gasteiger partial charge in [-0.15, -0.1) is 0 Å². The van der Waals surface area contributed by atoms with E-state index in [9.17, 15) is 22.4 Å². The van der Waals surface area contributed by atoms with E-state index in [1.165, 1.54) is 24.7 Å². The van der Waals surface area contributed by atoms with Gasteiger partial charge in [0.05, 0.1) is 16.7 Å². The highest BCUT2D eigenvalue weighted by atomic mass is 19.4. The predicted molar refractivity (Wildman–Crippen MR) is 150 cm³/mol. The number of pyridine rings is 1. The van der Waals surface area contributed by atoms with Crippen molar-refractivity contribution in [3.8, 4) is 28.8 Å². The summed E-state index contributed by atoms with van der Waals surface area (Å²) >= 11 is 0. The van der Waals surface area contributed by atoms with E-state index in [1.54, 1.807) is 19.2 Å². The van der Waals surface area contributed by atoms with E-state index in [2.05, 4.69) is 35.5 Å². The smallest absolute Gasteiger partial charge is 0.416 e. The number of hydrogen-bond donors (Lipinski definition) is 2.